The predicted octanol–water partition coefficient (Wildman–Crippen LogP) is 3.48. The number of ether oxygens (including phenoxy) is 3. The van der Waals surface area contributed by atoms with Crippen molar-refractivity contribution >= 4 is 17.4 Å². The van der Waals surface area contributed by atoms with Crippen LogP contribution in [0.3, 0.4) is 0 Å². The Morgan fingerprint density at radius 3 is 2.29 bits per heavy atom. The molecule has 1 heterocycles. The number of amides is 1. The SMILES string of the molecule is CCOc1ccc([C@H]2C(=C(O)c3ccc(OC)c(OC)c3)C(=O)C(=O)N2CCCN(C)C)cc1. The van der Waals surface area contributed by atoms with Gasteiger partial charge in [-0.25, -0.2) is 0 Å². The Morgan fingerprint density at radius 2 is 1.71 bits per heavy atom. The number of hydrogen-bond donors (Lipinski definition) is 1. The number of aliphatic hydroxyl groups is 1. The third-order valence-corrected chi connectivity index (χ3v) is 5.71. The van der Waals surface area contributed by atoms with Crippen LogP contribution in [0.2, 0.25) is 0 Å². The molecular formula is C26H32N2O6. The molecule has 1 aliphatic rings. The van der Waals surface area contributed by atoms with E-state index in [1.165, 1.54) is 19.1 Å². The molecule has 0 aliphatic carbocycles. The van der Waals surface area contributed by atoms with Gasteiger partial charge in [0, 0.05) is 12.1 Å². The summed E-state index contributed by atoms with van der Waals surface area (Å²) in [5.74, 6) is -0.00434. The van der Waals surface area contributed by atoms with Gasteiger partial charge < -0.3 is 29.1 Å². The molecule has 34 heavy (non-hydrogen) atoms. The van der Waals surface area contributed by atoms with Crippen LogP contribution in [-0.4, -0.2) is 74.6 Å². The molecule has 0 radical (unpaired) electrons. The molecule has 0 saturated carbocycles. The smallest absolute Gasteiger partial charge is 0.295 e. The molecule has 1 saturated heterocycles. The van der Waals surface area contributed by atoms with Gasteiger partial charge in [0.25, 0.3) is 11.7 Å². The standard InChI is InChI=1S/C26H32N2O6/c1-6-34-19-11-8-17(9-12-19)23-22(25(30)26(31)28(23)15-7-14-27(2)3)24(29)18-10-13-20(32-4)21(16-18)33-5/h8-13,16,23,29H,6-7,14-15H2,1-5H3/t23-/m0/s1. The minimum atomic E-state index is -0.717. The molecule has 1 atom stereocenters. The van der Waals surface area contributed by atoms with Crippen LogP contribution in [0, 0.1) is 0 Å². The van der Waals surface area contributed by atoms with Crippen molar-refractivity contribution in [3.05, 3.63) is 59.2 Å². The summed E-state index contributed by atoms with van der Waals surface area (Å²) >= 11 is 0. The van der Waals surface area contributed by atoms with E-state index in [1.807, 2.05) is 38.1 Å². The summed E-state index contributed by atoms with van der Waals surface area (Å²) in [6.07, 6.45) is 0.684. The Bertz CT molecular complexity index is 1060. The van der Waals surface area contributed by atoms with Gasteiger partial charge in [-0.15, -0.1) is 0 Å². The number of Topliss-reactive ketones (excluding diaryl/α,β-unsaturated/α-hetero) is 1. The molecule has 8 nitrogen and oxygen atoms in total. The van der Waals surface area contributed by atoms with Crippen LogP contribution < -0.4 is 14.2 Å². The fraction of sp³-hybridized carbons (Fsp3) is 0.385. The Hall–Kier alpha value is -3.52. The molecule has 2 aromatic carbocycles. The van der Waals surface area contributed by atoms with Crippen molar-refractivity contribution in [1.82, 2.24) is 9.80 Å². The van der Waals surface area contributed by atoms with E-state index >= 15 is 0 Å². The summed E-state index contributed by atoms with van der Waals surface area (Å²) in [5.41, 5.74) is 1.13. The summed E-state index contributed by atoms with van der Waals surface area (Å²) in [5, 5.41) is 11.2. The van der Waals surface area contributed by atoms with E-state index in [9.17, 15) is 14.7 Å². The van der Waals surface area contributed by atoms with Gasteiger partial charge in [-0.3, -0.25) is 9.59 Å². The van der Waals surface area contributed by atoms with Crippen molar-refractivity contribution in [3.8, 4) is 17.2 Å². The zero-order valence-corrected chi connectivity index (χ0v) is 20.3. The van der Waals surface area contributed by atoms with Crippen LogP contribution in [0.25, 0.3) is 5.76 Å². The lowest BCUT2D eigenvalue weighted by atomic mass is 9.95. The van der Waals surface area contributed by atoms with E-state index in [2.05, 4.69) is 0 Å². The number of methoxy groups -OCH3 is 2. The van der Waals surface area contributed by atoms with Gasteiger partial charge in [0.05, 0.1) is 32.4 Å². The Balaban J connectivity index is 2.10. The number of likely N-dealkylation sites (tertiary alicyclic amines) is 1. The Morgan fingerprint density at radius 1 is 1.03 bits per heavy atom. The highest BCUT2D eigenvalue weighted by Crippen LogP contribution is 2.41. The van der Waals surface area contributed by atoms with Gasteiger partial charge in [-0.1, -0.05) is 12.1 Å². The van der Waals surface area contributed by atoms with Gasteiger partial charge in [0.15, 0.2) is 11.5 Å². The fourth-order valence-corrected chi connectivity index (χ4v) is 4.07. The average Bonchev–Trinajstić information content (AvgIpc) is 3.08. The number of carbonyl (C=O) groups excluding carboxylic acids is 2. The van der Waals surface area contributed by atoms with Crippen LogP contribution in [0.1, 0.15) is 30.5 Å². The van der Waals surface area contributed by atoms with Crippen molar-refractivity contribution in [1.29, 1.82) is 0 Å². The summed E-state index contributed by atoms with van der Waals surface area (Å²) < 4.78 is 16.1. The summed E-state index contributed by atoms with van der Waals surface area (Å²) in [6.45, 7) is 3.57. The fourth-order valence-electron chi connectivity index (χ4n) is 4.07. The quantitative estimate of drug-likeness (QED) is 0.324. The first kappa shape index (κ1) is 25.1. The van der Waals surface area contributed by atoms with Crippen molar-refractivity contribution < 1.29 is 28.9 Å². The minimum Gasteiger partial charge on any atom is -0.507 e. The molecule has 1 fully saturated rings. The topological polar surface area (TPSA) is 88.5 Å². The van der Waals surface area contributed by atoms with Gasteiger partial charge in [0.2, 0.25) is 0 Å². The summed E-state index contributed by atoms with van der Waals surface area (Å²) in [6, 6.07) is 11.4. The Kier molecular flexibility index (Phi) is 8.17. The third-order valence-electron chi connectivity index (χ3n) is 5.71. The molecule has 182 valence electrons. The first-order valence-electron chi connectivity index (χ1n) is 11.2. The second-order valence-electron chi connectivity index (χ2n) is 8.22. The van der Waals surface area contributed by atoms with Crippen molar-refractivity contribution in [2.75, 3.05) is 48.0 Å². The average molecular weight is 469 g/mol. The maximum absolute atomic E-state index is 13.2. The highest BCUT2D eigenvalue weighted by atomic mass is 16.5. The maximum Gasteiger partial charge on any atom is 0.295 e. The van der Waals surface area contributed by atoms with Gasteiger partial charge in [-0.05, 0) is 69.9 Å². The molecule has 1 amide bonds. The van der Waals surface area contributed by atoms with Gasteiger partial charge in [0.1, 0.15) is 11.5 Å². The monoisotopic (exact) mass is 468 g/mol. The molecule has 2 aromatic rings. The van der Waals surface area contributed by atoms with E-state index in [-0.39, 0.29) is 11.3 Å². The normalized spacial score (nSPS) is 17.4. The summed E-state index contributed by atoms with van der Waals surface area (Å²) in [7, 11) is 6.91. The predicted molar refractivity (Wildman–Crippen MR) is 129 cm³/mol. The number of hydrogen-bond acceptors (Lipinski definition) is 7. The summed E-state index contributed by atoms with van der Waals surface area (Å²) in [4.78, 5) is 29.8. The highest BCUT2D eigenvalue weighted by Gasteiger charge is 2.45. The van der Waals surface area contributed by atoms with E-state index in [0.29, 0.717) is 42.4 Å². The molecule has 8 heteroatoms. The van der Waals surface area contributed by atoms with Crippen LogP contribution in [-0.2, 0) is 9.59 Å². The number of nitrogens with zero attached hydrogens (tertiary/aromatic N) is 2. The second-order valence-corrected chi connectivity index (χ2v) is 8.22. The molecule has 0 aromatic heterocycles. The number of aliphatic hydroxyl groups excluding tert-OH is 1. The largest absolute Gasteiger partial charge is 0.507 e. The lowest BCUT2D eigenvalue weighted by Gasteiger charge is -2.26. The molecular weight excluding hydrogens is 436 g/mol. The van der Waals surface area contributed by atoms with Crippen molar-refractivity contribution in [3.63, 3.8) is 0 Å². The lowest BCUT2D eigenvalue weighted by Crippen LogP contribution is -2.32. The van der Waals surface area contributed by atoms with E-state index in [1.54, 1.807) is 30.3 Å². The molecule has 0 bridgehead atoms. The van der Waals surface area contributed by atoms with Gasteiger partial charge in [-0.2, -0.15) is 0 Å². The lowest BCUT2D eigenvalue weighted by molar-refractivity contribution is -0.139. The maximum atomic E-state index is 13.2. The minimum absolute atomic E-state index is 0.0474. The van der Waals surface area contributed by atoms with Crippen LogP contribution in [0.15, 0.2) is 48.0 Å². The van der Waals surface area contributed by atoms with E-state index < -0.39 is 17.7 Å². The Labute approximate surface area is 200 Å². The molecule has 1 aliphatic heterocycles. The van der Waals surface area contributed by atoms with Crippen LogP contribution >= 0.6 is 0 Å². The second kappa shape index (κ2) is 11.1. The van der Waals surface area contributed by atoms with Crippen molar-refractivity contribution in [2.24, 2.45) is 0 Å². The highest BCUT2D eigenvalue weighted by molar-refractivity contribution is 6.46. The van der Waals surface area contributed by atoms with Gasteiger partial charge >= 0.3 is 0 Å². The number of carbonyl (C=O) groups is 2. The number of ketones is 1. The number of benzene rings is 2. The molecule has 1 N–H and O–H groups in total. The van der Waals surface area contributed by atoms with E-state index in [0.717, 1.165) is 12.1 Å². The molecule has 0 unspecified atom stereocenters. The van der Waals surface area contributed by atoms with Crippen LogP contribution in [0.5, 0.6) is 17.2 Å². The number of rotatable bonds is 10. The zero-order chi connectivity index (χ0) is 24.8. The molecule has 3 rings (SSSR count). The molecule has 0 spiro atoms. The van der Waals surface area contributed by atoms with Crippen molar-refractivity contribution in [2.45, 2.75) is 19.4 Å². The third kappa shape index (κ3) is 5.17. The van der Waals surface area contributed by atoms with Crippen LogP contribution in [0.4, 0.5) is 0 Å². The van der Waals surface area contributed by atoms with E-state index in [4.69, 9.17) is 14.2 Å². The first-order chi connectivity index (χ1) is 16.3. The zero-order valence-electron chi connectivity index (χ0n) is 20.3. The first-order valence-corrected chi connectivity index (χ1v) is 11.2.